The number of likely N-dealkylation sites (tertiary alicyclic amines) is 1. The Kier molecular flexibility index (Phi) is 5.09. The molecule has 2 spiro atoms. The molecule has 0 bridgehead atoms. The Balaban J connectivity index is 1.07. The second-order valence-corrected chi connectivity index (χ2v) is 14.5. The molecule has 2 aromatic rings. The topological polar surface area (TPSA) is 95.5 Å². The van der Waals surface area contributed by atoms with Crippen LogP contribution in [0, 0.1) is 11.3 Å². The van der Waals surface area contributed by atoms with Gasteiger partial charge in [-0.3, -0.25) is 9.69 Å². The van der Waals surface area contributed by atoms with Crippen molar-refractivity contribution in [3.63, 3.8) is 0 Å². The lowest BCUT2D eigenvalue weighted by atomic mass is 9.63. The second-order valence-electron chi connectivity index (χ2n) is 12.3. The predicted molar refractivity (Wildman–Crippen MR) is 142 cm³/mol. The maximum absolute atomic E-state index is 13.3. The number of sulfone groups is 1. The number of fused-ring (bicyclic) bond motifs is 2. The molecule has 0 radical (unpaired) electrons. The van der Waals surface area contributed by atoms with Crippen LogP contribution >= 0.6 is 0 Å². The fraction of sp³-hybridized carbons (Fsp3) is 0.607. The first kappa shape index (κ1) is 23.6. The molecule has 4 fully saturated rings. The van der Waals surface area contributed by atoms with Gasteiger partial charge in [-0.2, -0.15) is 4.98 Å². The van der Waals surface area contributed by atoms with E-state index in [1.165, 1.54) is 0 Å². The van der Waals surface area contributed by atoms with E-state index in [0.717, 1.165) is 81.5 Å². The average Bonchev–Trinajstić information content (AvgIpc) is 3.78. The fourth-order valence-electron chi connectivity index (χ4n) is 6.85. The molecule has 1 unspecified atom stereocenters. The molecule has 3 heterocycles. The summed E-state index contributed by atoms with van der Waals surface area (Å²) in [5, 5.41) is 2.95. The van der Waals surface area contributed by atoms with Crippen molar-refractivity contribution in [1.82, 2.24) is 14.9 Å². The van der Waals surface area contributed by atoms with Crippen LogP contribution in [0.1, 0.15) is 63.9 Å². The number of nitrogens with zero attached hydrogens (tertiary/aromatic N) is 4. The number of carbonyl (C=O) groups is 1. The summed E-state index contributed by atoms with van der Waals surface area (Å²) in [5.74, 6) is 1.90. The number of carbonyl (C=O) groups excluding carboxylic acids is 1. The van der Waals surface area contributed by atoms with Crippen LogP contribution in [0.2, 0.25) is 0 Å². The van der Waals surface area contributed by atoms with Crippen LogP contribution in [0.4, 0.5) is 17.5 Å². The first-order valence-corrected chi connectivity index (χ1v) is 15.3. The summed E-state index contributed by atoms with van der Waals surface area (Å²) >= 11 is 0. The van der Waals surface area contributed by atoms with Gasteiger partial charge in [0, 0.05) is 23.5 Å². The first-order valence-electron chi connectivity index (χ1n) is 13.7. The SMILES string of the molecule is CC(C1CC1)N1C(=O)C2(CC2)c2cnc(Nc3ccc(S(=O)(=O)C4CC5(CCN(C)CC5)C4)cc3)nc21. The van der Waals surface area contributed by atoms with Crippen LogP contribution in [0.5, 0.6) is 0 Å². The number of piperidine rings is 1. The number of benzene rings is 1. The standard InChI is InChI=1S/C28H35N5O3S/c1-18(19-3-4-19)33-24-23(28(9-10-28)25(33)34)17-29-26(31-24)30-20-5-7-21(8-6-20)37(35,36)22-15-27(16-22)11-13-32(2)14-12-27/h5-8,17-19,22H,3-4,9-16H2,1-2H3,(H,29,30,31). The van der Waals surface area contributed by atoms with Gasteiger partial charge in [-0.15, -0.1) is 0 Å². The monoisotopic (exact) mass is 521 g/mol. The highest BCUT2D eigenvalue weighted by molar-refractivity contribution is 7.92. The molecule has 1 N–H and O–H groups in total. The summed E-state index contributed by atoms with van der Waals surface area (Å²) in [6.45, 7) is 4.25. The van der Waals surface area contributed by atoms with Crippen molar-refractivity contribution in [3.8, 4) is 0 Å². The van der Waals surface area contributed by atoms with Gasteiger partial charge < -0.3 is 10.2 Å². The van der Waals surface area contributed by atoms with E-state index in [4.69, 9.17) is 4.98 Å². The van der Waals surface area contributed by atoms with Gasteiger partial charge in [0.1, 0.15) is 5.82 Å². The quantitative estimate of drug-likeness (QED) is 0.613. The molecule has 1 aromatic carbocycles. The zero-order chi connectivity index (χ0) is 25.6. The molecule has 5 aliphatic rings. The minimum atomic E-state index is -3.34. The van der Waals surface area contributed by atoms with Crippen molar-refractivity contribution < 1.29 is 13.2 Å². The highest BCUT2D eigenvalue weighted by atomic mass is 32.2. The fourth-order valence-corrected chi connectivity index (χ4v) is 8.89. The summed E-state index contributed by atoms with van der Waals surface area (Å²) in [6.07, 6.45) is 9.64. The summed E-state index contributed by atoms with van der Waals surface area (Å²) < 4.78 is 26.5. The number of hydrogen-bond acceptors (Lipinski definition) is 7. The second kappa shape index (κ2) is 7.99. The number of anilines is 3. The third kappa shape index (κ3) is 3.72. The Morgan fingerprint density at radius 2 is 1.73 bits per heavy atom. The van der Waals surface area contributed by atoms with E-state index in [-0.39, 0.29) is 22.6 Å². The zero-order valence-corrected chi connectivity index (χ0v) is 22.4. The van der Waals surface area contributed by atoms with Gasteiger partial charge >= 0.3 is 0 Å². The van der Waals surface area contributed by atoms with Gasteiger partial charge in [0.15, 0.2) is 9.84 Å². The molecule has 7 rings (SSSR count). The number of amides is 1. The lowest BCUT2D eigenvalue weighted by Crippen LogP contribution is -2.50. The van der Waals surface area contributed by atoms with Gasteiger partial charge in [0.25, 0.3) is 0 Å². The third-order valence-corrected chi connectivity index (χ3v) is 12.0. The number of nitrogens with one attached hydrogen (secondary N) is 1. The van der Waals surface area contributed by atoms with Gasteiger partial charge in [-0.05, 0) is 114 Å². The Bertz CT molecular complexity index is 1350. The van der Waals surface area contributed by atoms with Crippen molar-refractivity contribution in [2.75, 3.05) is 30.4 Å². The van der Waals surface area contributed by atoms with Crippen LogP contribution in [-0.2, 0) is 20.0 Å². The first-order chi connectivity index (χ1) is 17.7. The molecule has 3 aliphatic carbocycles. The number of hydrogen-bond donors (Lipinski definition) is 1. The van der Waals surface area contributed by atoms with Gasteiger partial charge in [-0.25, -0.2) is 13.4 Å². The molecule has 37 heavy (non-hydrogen) atoms. The molecular formula is C28H35N5O3S. The Morgan fingerprint density at radius 1 is 1.05 bits per heavy atom. The third-order valence-electron chi connectivity index (χ3n) is 9.85. The van der Waals surface area contributed by atoms with Crippen LogP contribution < -0.4 is 10.2 Å². The number of aromatic nitrogens is 2. The van der Waals surface area contributed by atoms with E-state index in [0.29, 0.717) is 16.8 Å². The summed E-state index contributed by atoms with van der Waals surface area (Å²) in [4.78, 5) is 27.2. The van der Waals surface area contributed by atoms with Crippen molar-refractivity contribution in [2.45, 2.75) is 79.9 Å². The molecule has 3 saturated carbocycles. The molecule has 2 aliphatic heterocycles. The summed E-state index contributed by atoms with van der Waals surface area (Å²) in [6, 6.07) is 7.10. The smallest absolute Gasteiger partial charge is 0.239 e. The molecule has 1 saturated heterocycles. The van der Waals surface area contributed by atoms with Gasteiger partial charge in [0.2, 0.25) is 11.9 Å². The largest absolute Gasteiger partial charge is 0.324 e. The van der Waals surface area contributed by atoms with Crippen LogP contribution in [0.15, 0.2) is 35.4 Å². The average molecular weight is 522 g/mol. The lowest BCUT2D eigenvalue weighted by Gasteiger charge is -2.51. The molecule has 9 heteroatoms. The summed E-state index contributed by atoms with van der Waals surface area (Å²) in [7, 11) is -1.20. The van der Waals surface area contributed by atoms with Crippen molar-refractivity contribution >= 4 is 33.2 Å². The Morgan fingerprint density at radius 3 is 2.35 bits per heavy atom. The highest BCUT2D eigenvalue weighted by Gasteiger charge is 2.61. The normalized spacial score (nSPS) is 25.2. The molecule has 1 amide bonds. The minimum Gasteiger partial charge on any atom is -0.324 e. The predicted octanol–water partition coefficient (Wildman–Crippen LogP) is 4.05. The molecule has 1 aromatic heterocycles. The highest BCUT2D eigenvalue weighted by Crippen LogP contribution is 2.58. The van der Waals surface area contributed by atoms with Crippen LogP contribution in [0.3, 0.4) is 0 Å². The van der Waals surface area contributed by atoms with E-state index in [9.17, 15) is 13.2 Å². The molecular weight excluding hydrogens is 486 g/mol. The van der Waals surface area contributed by atoms with E-state index in [1.807, 2.05) is 11.1 Å². The van der Waals surface area contributed by atoms with E-state index < -0.39 is 15.3 Å². The Hall–Kier alpha value is -2.52. The van der Waals surface area contributed by atoms with E-state index in [2.05, 4.69) is 29.2 Å². The zero-order valence-electron chi connectivity index (χ0n) is 21.6. The van der Waals surface area contributed by atoms with E-state index >= 15 is 0 Å². The lowest BCUT2D eigenvalue weighted by molar-refractivity contribution is -0.120. The van der Waals surface area contributed by atoms with Gasteiger partial charge in [-0.1, -0.05) is 0 Å². The molecule has 8 nitrogen and oxygen atoms in total. The van der Waals surface area contributed by atoms with Crippen LogP contribution in [-0.4, -0.2) is 60.6 Å². The Labute approximate surface area is 218 Å². The van der Waals surface area contributed by atoms with Crippen molar-refractivity contribution in [1.29, 1.82) is 0 Å². The van der Waals surface area contributed by atoms with Crippen molar-refractivity contribution in [2.24, 2.45) is 11.3 Å². The number of rotatable bonds is 6. The van der Waals surface area contributed by atoms with Gasteiger partial charge in [0.05, 0.1) is 15.6 Å². The maximum Gasteiger partial charge on any atom is 0.239 e. The molecule has 1 atom stereocenters. The molecule has 196 valence electrons. The van der Waals surface area contributed by atoms with Crippen LogP contribution in [0.25, 0.3) is 0 Å². The maximum atomic E-state index is 13.3. The minimum absolute atomic E-state index is 0.152. The van der Waals surface area contributed by atoms with Crippen molar-refractivity contribution in [3.05, 3.63) is 36.0 Å². The van der Waals surface area contributed by atoms with E-state index in [1.54, 1.807) is 24.3 Å². The summed E-state index contributed by atoms with van der Waals surface area (Å²) in [5.41, 5.74) is 1.51.